The van der Waals surface area contributed by atoms with Crippen molar-refractivity contribution >= 4 is 39.3 Å². The number of carbonyl (C=O) groups is 1. The number of anilines is 2. The van der Waals surface area contributed by atoms with Crippen molar-refractivity contribution in [2.24, 2.45) is 5.92 Å². The van der Waals surface area contributed by atoms with Crippen molar-refractivity contribution in [2.75, 3.05) is 55.6 Å². The Hall–Kier alpha value is -3.38. The van der Waals surface area contributed by atoms with Crippen molar-refractivity contribution in [3.8, 4) is 6.07 Å². The Bertz CT molecular complexity index is 1380. The Balaban J connectivity index is 1.43. The van der Waals surface area contributed by atoms with E-state index >= 15 is 0 Å². The van der Waals surface area contributed by atoms with E-state index in [9.17, 15) is 18.0 Å². The van der Waals surface area contributed by atoms with Crippen LogP contribution >= 0.6 is 11.6 Å². The third-order valence-corrected chi connectivity index (χ3v) is 9.36. The maximum Gasteiger partial charge on any atom is 0.404 e. The van der Waals surface area contributed by atoms with Crippen LogP contribution in [0, 0.1) is 17.2 Å². The van der Waals surface area contributed by atoms with Crippen LogP contribution < -0.4 is 20.5 Å². The van der Waals surface area contributed by atoms with Gasteiger partial charge in [-0.1, -0.05) is 11.6 Å². The van der Waals surface area contributed by atoms with Gasteiger partial charge < -0.3 is 20.5 Å². The maximum absolute atomic E-state index is 13.6. The van der Waals surface area contributed by atoms with Crippen LogP contribution in [0.5, 0.6) is 0 Å². The fourth-order valence-electron chi connectivity index (χ4n) is 4.85. The second kappa shape index (κ2) is 13.3. The summed E-state index contributed by atoms with van der Waals surface area (Å²) in [6.45, 7) is 2.03. The van der Waals surface area contributed by atoms with Gasteiger partial charge in [-0.3, -0.25) is 9.10 Å². The zero-order valence-corrected chi connectivity index (χ0v) is 23.4. The van der Waals surface area contributed by atoms with Crippen molar-refractivity contribution in [3.63, 3.8) is 0 Å². The number of piperidine rings is 1. The van der Waals surface area contributed by atoms with Gasteiger partial charge in [-0.2, -0.15) is 23.1 Å². The van der Waals surface area contributed by atoms with E-state index in [-0.39, 0.29) is 37.2 Å². The first kappa shape index (κ1) is 29.6. The van der Waals surface area contributed by atoms with E-state index in [1.54, 1.807) is 0 Å². The first-order valence-electron chi connectivity index (χ1n) is 13.0. The number of hydrogen-bond acceptors (Lipinski definition) is 8. The Morgan fingerprint density at radius 1 is 1.25 bits per heavy atom. The highest BCUT2D eigenvalue weighted by Gasteiger charge is 2.34. The van der Waals surface area contributed by atoms with Crippen LogP contribution in [0.4, 0.5) is 16.2 Å². The van der Waals surface area contributed by atoms with Gasteiger partial charge in [-0.15, -0.1) is 0 Å². The van der Waals surface area contributed by atoms with E-state index < -0.39 is 21.9 Å². The summed E-state index contributed by atoms with van der Waals surface area (Å²) in [5, 5.41) is 27.8. The largest absolute Gasteiger partial charge is 0.465 e. The smallest absolute Gasteiger partial charge is 0.404 e. The van der Waals surface area contributed by atoms with Gasteiger partial charge in [-0.05, 0) is 55.9 Å². The Labute approximate surface area is 237 Å². The molecule has 2 saturated heterocycles. The minimum absolute atomic E-state index is 0.0414. The average Bonchev–Trinajstić information content (AvgIpc) is 2.96. The molecule has 216 valence electrons. The Morgan fingerprint density at radius 2 is 1.98 bits per heavy atom. The van der Waals surface area contributed by atoms with Gasteiger partial charge in [0.15, 0.2) is 0 Å². The quantitative estimate of drug-likeness (QED) is 0.374. The topological polar surface area (TPSA) is 170 Å². The van der Waals surface area contributed by atoms with E-state index in [1.165, 1.54) is 39.4 Å². The number of rotatable bonds is 10. The van der Waals surface area contributed by atoms with Crippen molar-refractivity contribution in [1.82, 2.24) is 19.4 Å². The zero-order chi connectivity index (χ0) is 28.7. The highest BCUT2D eigenvalue weighted by molar-refractivity contribution is 7.90. The molecular formula is C25H32ClN7O6S. The van der Waals surface area contributed by atoms with Crippen molar-refractivity contribution in [2.45, 2.75) is 31.7 Å². The van der Waals surface area contributed by atoms with E-state index in [4.69, 9.17) is 26.7 Å². The summed E-state index contributed by atoms with van der Waals surface area (Å²) in [4.78, 5) is 23.9. The van der Waals surface area contributed by atoms with Crippen LogP contribution in [0.3, 0.4) is 0 Å². The normalized spacial score (nSPS) is 18.6. The predicted octanol–water partition coefficient (Wildman–Crippen LogP) is 2.26. The van der Waals surface area contributed by atoms with Gasteiger partial charge in [0.05, 0.1) is 48.4 Å². The summed E-state index contributed by atoms with van der Waals surface area (Å²) in [5.74, 6) is 0.335. The summed E-state index contributed by atoms with van der Waals surface area (Å²) in [5.41, 5.74) is 0.695. The van der Waals surface area contributed by atoms with E-state index in [1.807, 2.05) is 6.07 Å². The number of carboxylic acid groups (broad SMARTS) is 1. The summed E-state index contributed by atoms with van der Waals surface area (Å²) in [7, 11) is -4.05. The molecule has 0 spiro atoms. The molecule has 0 aliphatic carbocycles. The fourth-order valence-corrected chi connectivity index (χ4v) is 6.72. The summed E-state index contributed by atoms with van der Waals surface area (Å²) in [6.07, 6.45) is 2.97. The molecule has 2 fully saturated rings. The molecule has 0 radical (unpaired) electrons. The number of nitriles is 1. The second-order valence-corrected chi connectivity index (χ2v) is 11.9. The van der Waals surface area contributed by atoms with Crippen LogP contribution in [0.1, 0.15) is 37.3 Å². The van der Waals surface area contributed by atoms with Gasteiger partial charge in [-0.25, -0.2) is 9.48 Å². The molecule has 13 nitrogen and oxygen atoms in total. The van der Waals surface area contributed by atoms with Gasteiger partial charge in [0.1, 0.15) is 5.02 Å². The minimum Gasteiger partial charge on any atom is -0.465 e. The molecule has 1 amide bonds. The van der Waals surface area contributed by atoms with Crippen molar-refractivity contribution in [1.29, 1.82) is 5.26 Å². The lowest BCUT2D eigenvalue weighted by molar-refractivity contribution is 0.0595. The lowest BCUT2D eigenvalue weighted by Gasteiger charge is -2.36. The molecule has 1 aromatic heterocycles. The first-order valence-corrected chi connectivity index (χ1v) is 14.8. The summed E-state index contributed by atoms with van der Waals surface area (Å²) >= 11 is 6.39. The van der Waals surface area contributed by atoms with E-state index in [0.29, 0.717) is 48.8 Å². The van der Waals surface area contributed by atoms with Gasteiger partial charge in [0, 0.05) is 32.8 Å². The molecule has 1 atom stereocenters. The standard InChI is InChI=1S/C25H32ClN7O6S/c26-23-22(29-15-19-2-1-13-39-17-19)16-30-33(24(23)34)21-7-10-31(11-8-21)40(37,38)32(12-9-28-25(35)36)20-5-3-18(14-27)4-6-20/h3-6,16,19,21,28-29H,1-2,7-13,15,17H2,(H,35,36)/t19-/m1/s1. The summed E-state index contributed by atoms with van der Waals surface area (Å²) in [6, 6.07) is 7.66. The number of hydrogen-bond donors (Lipinski definition) is 3. The fraction of sp³-hybridized carbons (Fsp3) is 0.520. The molecule has 15 heteroatoms. The predicted molar refractivity (Wildman–Crippen MR) is 149 cm³/mol. The highest BCUT2D eigenvalue weighted by atomic mass is 35.5. The molecule has 4 rings (SSSR count). The molecule has 2 aromatic rings. The number of halogens is 1. The Kier molecular flexibility index (Phi) is 9.85. The SMILES string of the molecule is N#Cc1ccc(N(CCNC(=O)O)S(=O)(=O)N2CCC(n3ncc(NC[C@H]4CCCOC4)c(Cl)c3=O)CC2)cc1. The average molecular weight is 594 g/mol. The van der Waals surface area contributed by atoms with Crippen LogP contribution in [-0.4, -0.2) is 79.6 Å². The lowest BCUT2D eigenvalue weighted by atomic mass is 10.0. The molecule has 2 aliphatic rings. The lowest BCUT2D eigenvalue weighted by Crippen LogP contribution is -2.50. The molecule has 2 aliphatic heterocycles. The molecule has 0 bridgehead atoms. The molecule has 40 heavy (non-hydrogen) atoms. The third kappa shape index (κ3) is 7.03. The third-order valence-electron chi connectivity index (χ3n) is 7.03. The van der Waals surface area contributed by atoms with E-state index in [0.717, 1.165) is 23.8 Å². The van der Waals surface area contributed by atoms with Crippen molar-refractivity contribution in [3.05, 3.63) is 51.4 Å². The van der Waals surface area contributed by atoms with Gasteiger partial charge in [0.2, 0.25) is 0 Å². The molecule has 0 saturated carbocycles. The monoisotopic (exact) mass is 593 g/mol. The maximum atomic E-state index is 13.6. The van der Waals surface area contributed by atoms with Gasteiger partial charge >= 0.3 is 16.3 Å². The molecule has 3 N–H and O–H groups in total. The number of benzene rings is 1. The van der Waals surface area contributed by atoms with Gasteiger partial charge in [0.25, 0.3) is 5.56 Å². The van der Waals surface area contributed by atoms with Crippen LogP contribution in [0.25, 0.3) is 0 Å². The summed E-state index contributed by atoms with van der Waals surface area (Å²) < 4.78 is 36.5. The number of amides is 1. The number of aromatic nitrogens is 2. The van der Waals surface area contributed by atoms with Crippen LogP contribution in [0.2, 0.25) is 5.02 Å². The Morgan fingerprint density at radius 3 is 2.60 bits per heavy atom. The number of nitrogens with one attached hydrogen (secondary N) is 2. The van der Waals surface area contributed by atoms with E-state index in [2.05, 4.69) is 15.7 Å². The van der Waals surface area contributed by atoms with Crippen molar-refractivity contribution < 1.29 is 23.1 Å². The first-order chi connectivity index (χ1) is 19.2. The zero-order valence-electron chi connectivity index (χ0n) is 21.8. The van der Waals surface area contributed by atoms with Crippen LogP contribution in [0.15, 0.2) is 35.3 Å². The number of ether oxygens (including phenoxy) is 1. The highest BCUT2D eigenvalue weighted by Crippen LogP contribution is 2.28. The second-order valence-electron chi connectivity index (χ2n) is 9.69. The minimum atomic E-state index is -4.05. The molecular weight excluding hydrogens is 562 g/mol. The van der Waals surface area contributed by atoms with Crippen LogP contribution in [-0.2, 0) is 14.9 Å². The number of nitrogens with zero attached hydrogens (tertiary/aromatic N) is 5. The molecule has 0 unspecified atom stereocenters. The molecule has 1 aromatic carbocycles. The molecule has 3 heterocycles.